The van der Waals surface area contributed by atoms with E-state index in [4.69, 9.17) is 11.0 Å². The highest BCUT2D eigenvalue weighted by Gasteiger charge is 2.14. The number of hydrogen-bond acceptors (Lipinski definition) is 4. The minimum Gasteiger partial charge on any atom is -0.365 e. The fraction of sp³-hybridized carbons (Fsp3) is 0. The molecule has 0 saturated carbocycles. The summed E-state index contributed by atoms with van der Waals surface area (Å²) in [6.07, 6.45) is 0.879. The third-order valence-corrected chi connectivity index (χ3v) is 1.87. The average Bonchev–Trinajstić information content (AvgIpc) is 2.25. The van der Waals surface area contributed by atoms with Crippen LogP contribution in [0.2, 0.25) is 0 Å². The highest BCUT2D eigenvalue weighted by atomic mass is 19.1. The van der Waals surface area contributed by atoms with Gasteiger partial charge in [-0.2, -0.15) is 5.26 Å². The van der Waals surface area contributed by atoms with Crippen LogP contribution in [0.3, 0.4) is 0 Å². The Morgan fingerprint density at radius 2 is 2.24 bits per heavy atom. The molecule has 0 aliphatic rings. The lowest BCUT2D eigenvalue weighted by Gasteiger charge is -1.98. The second kappa shape index (κ2) is 4.85. The Labute approximate surface area is 94.9 Å². The number of nitro groups is 1. The van der Waals surface area contributed by atoms with Crippen molar-refractivity contribution in [3.63, 3.8) is 0 Å². The lowest BCUT2D eigenvalue weighted by molar-refractivity contribution is -0.385. The van der Waals surface area contributed by atoms with Crippen molar-refractivity contribution >= 4 is 17.7 Å². The highest BCUT2D eigenvalue weighted by molar-refractivity contribution is 6.01. The second-order valence-electron chi connectivity index (χ2n) is 2.99. The summed E-state index contributed by atoms with van der Waals surface area (Å²) in [7, 11) is 0. The van der Waals surface area contributed by atoms with Crippen molar-refractivity contribution in [2.45, 2.75) is 0 Å². The van der Waals surface area contributed by atoms with Crippen LogP contribution in [0.5, 0.6) is 0 Å². The van der Waals surface area contributed by atoms with Crippen molar-refractivity contribution < 1.29 is 14.1 Å². The number of hydrogen-bond donors (Lipinski definition) is 1. The van der Waals surface area contributed by atoms with Crippen LogP contribution in [0.4, 0.5) is 10.1 Å². The van der Waals surface area contributed by atoms with Gasteiger partial charge in [-0.3, -0.25) is 14.9 Å². The minimum absolute atomic E-state index is 0.189. The van der Waals surface area contributed by atoms with Crippen molar-refractivity contribution in [3.8, 4) is 6.07 Å². The van der Waals surface area contributed by atoms with Gasteiger partial charge in [-0.25, -0.2) is 4.39 Å². The summed E-state index contributed by atoms with van der Waals surface area (Å²) in [5, 5.41) is 19.2. The molecule has 6 nitrogen and oxygen atoms in total. The van der Waals surface area contributed by atoms with Gasteiger partial charge in [0.25, 0.3) is 11.6 Å². The van der Waals surface area contributed by atoms with Crippen LogP contribution >= 0.6 is 0 Å². The molecule has 0 radical (unpaired) electrons. The number of nitrogens with two attached hydrogens (primary N) is 1. The molecule has 86 valence electrons. The molecular formula is C10H6FN3O3. The first-order valence-electron chi connectivity index (χ1n) is 4.31. The number of carbonyl (C=O) groups excluding carboxylic acids is 1. The molecule has 0 aromatic heterocycles. The quantitative estimate of drug-likeness (QED) is 0.366. The molecule has 0 aliphatic heterocycles. The number of nitriles is 1. The van der Waals surface area contributed by atoms with Crippen LogP contribution in [0, 0.1) is 27.3 Å². The fourth-order valence-corrected chi connectivity index (χ4v) is 1.12. The van der Waals surface area contributed by atoms with E-state index in [1.807, 2.05) is 0 Å². The molecule has 1 amide bonds. The topological polar surface area (TPSA) is 110 Å². The average molecular weight is 235 g/mol. The second-order valence-corrected chi connectivity index (χ2v) is 2.99. The molecule has 7 heteroatoms. The largest absolute Gasteiger partial charge is 0.365 e. The third kappa shape index (κ3) is 2.85. The molecule has 0 heterocycles. The number of halogens is 1. The van der Waals surface area contributed by atoms with Crippen LogP contribution in [0.1, 0.15) is 5.56 Å². The number of benzene rings is 1. The molecule has 0 atom stereocenters. The van der Waals surface area contributed by atoms with Crippen LogP contribution in [-0.4, -0.2) is 10.8 Å². The van der Waals surface area contributed by atoms with E-state index in [1.165, 1.54) is 6.07 Å². The van der Waals surface area contributed by atoms with Crippen LogP contribution in [-0.2, 0) is 4.79 Å². The molecule has 2 N–H and O–H groups in total. The summed E-state index contributed by atoms with van der Waals surface area (Å²) in [6.45, 7) is 0. The predicted molar refractivity (Wildman–Crippen MR) is 55.8 cm³/mol. The molecular weight excluding hydrogens is 229 g/mol. The molecule has 0 bridgehead atoms. The summed E-state index contributed by atoms with van der Waals surface area (Å²) < 4.78 is 12.9. The summed E-state index contributed by atoms with van der Waals surface area (Å²) in [5.74, 6) is -1.75. The van der Waals surface area contributed by atoms with Crippen LogP contribution in [0.15, 0.2) is 23.8 Å². The maximum Gasteiger partial charge on any atom is 0.276 e. The van der Waals surface area contributed by atoms with Crippen molar-refractivity contribution in [1.29, 1.82) is 5.26 Å². The molecule has 17 heavy (non-hydrogen) atoms. The van der Waals surface area contributed by atoms with E-state index >= 15 is 0 Å². The van der Waals surface area contributed by atoms with Crippen molar-refractivity contribution in [1.82, 2.24) is 0 Å². The lowest BCUT2D eigenvalue weighted by atomic mass is 10.1. The number of nitrogens with zero attached hydrogens (tertiary/aromatic N) is 2. The van der Waals surface area contributed by atoms with Crippen molar-refractivity contribution in [3.05, 3.63) is 45.3 Å². The molecule has 1 aromatic carbocycles. The van der Waals surface area contributed by atoms with E-state index in [2.05, 4.69) is 0 Å². The van der Waals surface area contributed by atoms with E-state index in [0.29, 0.717) is 0 Å². The van der Waals surface area contributed by atoms with Gasteiger partial charge in [0.05, 0.1) is 10.5 Å². The summed E-state index contributed by atoms with van der Waals surface area (Å²) >= 11 is 0. The Bertz CT molecular complexity index is 560. The molecule has 0 saturated heterocycles. The first-order valence-corrected chi connectivity index (χ1v) is 4.31. The Balaban J connectivity index is 3.40. The first-order chi connectivity index (χ1) is 7.95. The number of rotatable bonds is 3. The van der Waals surface area contributed by atoms with Gasteiger partial charge in [-0.15, -0.1) is 0 Å². The van der Waals surface area contributed by atoms with Crippen molar-refractivity contribution in [2.24, 2.45) is 5.73 Å². The molecule has 0 aliphatic carbocycles. The van der Waals surface area contributed by atoms with Crippen LogP contribution < -0.4 is 5.73 Å². The van der Waals surface area contributed by atoms with Gasteiger partial charge in [0.15, 0.2) is 0 Å². The van der Waals surface area contributed by atoms with Gasteiger partial charge in [0, 0.05) is 6.07 Å². The van der Waals surface area contributed by atoms with Gasteiger partial charge in [-0.1, -0.05) is 0 Å². The maximum atomic E-state index is 12.9. The zero-order valence-electron chi connectivity index (χ0n) is 8.38. The molecule has 0 unspecified atom stereocenters. The summed E-state index contributed by atoms with van der Waals surface area (Å²) in [6, 6.07) is 4.17. The van der Waals surface area contributed by atoms with Gasteiger partial charge in [0.2, 0.25) is 0 Å². The number of carbonyl (C=O) groups is 1. The van der Waals surface area contributed by atoms with Crippen LogP contribution in [0.25, 0.3) is 6.08 Å². The van der Waals surface area contributed by atoms with E-state index in [1.54, 1.807) is 0 Å². The Morgan fingerprint density at radius 1 is 1.59 bits per heavy atom. The van der Waals surface area contributed by atoms with E-state index in [0.717, 1.165) is 24.3 Å². The monoisotopic (exact) mass is 235 g/mol. The van der Waals surface area contributed by atoms with E-state index in [-0.39, 0.29) is 5.56 Å². The molecule has 0 fully saturated rings. The lowest BCUT2D eigenvalue weighted by Crippen LogP contribution is -2.12. The molecule has 1 rings (SSSR count). The summed E-state index contributed by atoms with van der Waals surface area (Å²) in [4.78, 5) is 20.6. The van der Waals surface area contributed by atoms with Gasteiger partial charge in [-0.05, 0) is 18.2 Å². The molecule has 1 aromatic rings. The Hall–Kier alpha value is -2.75. The number of nitro benzene ring substituents is 1. The van der Waals surface area contributed by atoms with E-state index < -0.39 is 27.9 Å². The van der Waals surface area contributed by atoms with E-state index in [9.17, 15) is 19.3 Å². The number of primary amides is 1. The normalized spacial score (nSPS) is 10.7. The first kappa shape index (κ1) is 12.3. The SMILES string of the molecule is N#C/C(=C\c1cc(F)ccc1[N+](=O)[O-])C(N)=O. The van der Waals surface area contributed by atoms with Gasteiger partial charge < -0.3 is 5.73 Å². The maximum absolute atomic E-state index is 12.9. The summed E-state index contributed by atoms with van der Waals surface area (Å²) in [5.41, 5.74) is 3.77. The highest BCUT2D eigenvalue weighted by Crippen LogP contribution is 2.22. The Morgan fingerprint density at radius 3 is 2.71 bits per heavy atom. The zero-order valence-corrected chi connectivity index (χ0v) is 8.38. The number of amides is 1. The third-order valence-electron chi connectivity index (χ3n) is 1.87. The fourth-order valence-electron chi connectivity index (χ4n) is 1.12. The minimum atomic E-state index is -1.04. The smallest absolute Gasteiger partial charge is 0.276 e. The standard InChI is InChI=1S/C10H6FN3O3/c11-8-1-2-9(14(16)17)6(4-8)3-7(5-12)10(13)15/h1-4H,(H2,13,15)/b7-3+. The zero-order chi connectivity index (χ0) is 13.0. The van der Waals surface area contributed by atoms with Crippen molar-refractivity contribution in [2.75, 3.05) is 0 Å². The molecule has 0 spiro atoms. The van der Waals surface area contributed by atoms with Gasteiger partial charge in [0.1, 0.15) is 17.5 Å². The Kier molecular flexibility index (Phi) is 3.51. The predicted octanol–water partition coefficient (Wildman–Crippen LogP) is 1.13. The van der Waals surface area contributed by atoms with Gasteiger partial charge >= 0.3 is 0 Å².